The van der Waals surface area contributed by atoms with Crippen molar-refractivity contribution in [3.63, 3.8) is 0 Å². The number of thiophene rings is 1. The predicted molar refractivity (Wildman–Crippen MR) is 51.8 cm³/mol. The van der Waals surface area contributed by atoms with Crippen LogP contribution in [0, 0.1) is 0 Å². The van der Waals surface area contributed by atoms with Gasteiger partial charge in [-0.25, -0.2) is 0 Å². The fraction of sp³-hybridized carbons (Fsp3) is 0.500. The van der Waals surface area contributed by atoms with E-state index in [-0.39, 0.29) is 12.4 Å². The van der Waals surface area contributed by atoms with Gasteiger partial charge in [-0.3, -0.25) is 0 Å². The third-order valence-corrected chi connectivity index (χ3v) is 2.96. The van der Waals surface area contributed by atoms with Gasteiger partial charge in [0.15, 0.2) is 0 Å². The lowest BCUT2D eigenvalue weighted by Crippen LogP contribution is -2.16. The Morgan fingerprint density at radius 2 is 2.09 bits per heavy atom. The van der Waals surface area contributed by atoms with E-state index in [2.05, 4.69) is 16.8 Å². The first kappa shape index (κ1) is 9.04. The molecule has 1 aromatic heterocycles. The maximum absolute atomic E-state index is 3.39. The zero-order valence-corrected chi connectivity index (χ0v) is 7.93. The van der Waals surface area contributed by atoms with Gasteiger partial charge in [0.25, 0.3) is 0 Å². The molecule has 0 amide bonds. The van der Waals surface area contributed by atoms with Crippen molar-refractivity contribution in [3.8, 4) is 0 Å². The molecule has 62 valence electrons. The maximum atomic E-state index is 3.39. The van der Waals surface area contributed by atoms with Gasteiger partial charge in [0.05, 0.1) is 0 Å². The zero-order valence-electron chi connectivity index (χ0n) is 6.30. The molecular weight excluding hydrogens is 178 g/mol. The molecule has 0 saturated carbocycles. The summed E-state index contributed by atoms with van der Waals surface area (Å²) in [7, 11) is 0. The Labute approximate surface area is 77.2 Å². The molecular formula is C8H12ClNS. The van der Waals surface area contributed by atoms with E-state index in [0.29, 0.717) is 0 Å². The van der Waals surface area contributed by atoms with Crippen LogP contribution in [0.25, 0.3) is 0 Å². The second-order valence-corrected chi connectivity index (χ2v) is 3.62. The Kier molecular flexibility index (Phi) is 3.37. The van der Waals surface area contributed by atoms with Crippen molar-refractivity contribution in [2.45, 2.75) is 12.8 Å². The molecule has 3 heteroatoms. The van der Waals surface area contributed by atoms with E-state index in [0.717, 1.165) is 13.1 Å². The maximum Gasteiger partial charge on any atom is 0.00903 e. The van der Waals surface area contributed by atoms with Crippen molar-refractivity contribution >= 4 is 23.7 Å². The summed E-state index contributed by atoms with van der Waals surface area (Å²) in [6, 6.07) is 2.26. The summed E-state index contributed by atoms with van der Waals surface area (Å²) in [6.07, 6.45) is 2.45. The third kappa shape index (κ3) is 1.95. The van der Waals surface area contributed by atoms with Gasteiger partial charge in [0.1, 0.15) is 0 Å². The number of nitrogens with one attached hydrogen (secondary N) is 1. The highest BCUT2D eigenvalue weighted by atomic mass is 35.5. The van der Waals surface area contributed by atoms with E-state index in [9.17, 15) is 0 Å². The number of halogens is 1. The highest BCUT2D eigenvalue weighted by Crippen LogP contribution is 2.18. The van der Waals surface area contributed by atoms with Gasteiger partial charge in [0.2, 0.25) is 0 Å². The summed E-state index contributed by atoms with van der Waals surface area (Å²) >= 11 is 1.90. The number of hydrogen-bond donors (Lipinski definition) is 1. The molecule has 1 N–H and O–H groups in total. The molecule has 2 heterocycles. The van der Waals surface area contributed by atoms with Crippen LogP contribution < -0.4 is 5.32 Å². The second kappa shape index (κ2) is 4.10. The van der Waals surface area contributed by atoms with Gasteiger partial charge < -0.3 is 5.32 Å². The molecule has 0 saturated heterocycles. The van der Waals surface area contributed by atoms with Crippen LogP contribution in [0.3, 0.4) is 0 Å². The summed E-state index contributed by atoms with van der Waals surface area (Å²) in [5.74, 6) is 0. The lowest BCUT2D eigenvalue weighted by atomic mass is 10.2. The Morgan fingerprint density at radius 3 is 3.00 bits per heavy atom. The van der Waals surface area contributed by atoms with E-state index < -0.39 is 0 Å². The normalized spacial score (nSPS) is 16.4. The van der Waals surface area contributed by atoms with Crippen molar-refractivity contribution < 1.29 is 0 Å². The van der Waals surface area contributed by atoms with E-state index in [1.54, 1.807) is 10.4 Å². The molecule has 2 rings (SSSR count). The Morgan fingerprint density at radius 1 is 1.27 bits per heavy atom. The van der Waals surface area contributed by atoms with E-state index >= 15 is 0 Å². The van der Waals surface area contributed by atoms with Gasteiger partial charge in [-0.15, -0.1) is 23.7 Å². The highest BCUT2D eigenvalue weighted by Gasteiger charge is 2.06. The standard InChI is InChI=1S/C8H11NS.ClH/c1-4-9-5-2-8-7(1)3-6-10-8;/h3,6,9H,1-2,4-5H2;1H. The minimum atomic E-state index is 0. The molecule has 0 fully saturated rings. The van der Waals surface area contributed by atoms with E-state index in [1.807, 2.05) is 11.3 Å². The number of fused-ring (bicyclic) bond motifs is 1. The van der Waals surface area contributed by atoms with Gasteiger partial charge in [-0.1, -0.05) is 0 Å². The molecule has 0 atom stereocenters. The van der Waals surface area contributed by atoms with Crippen molar-refractivity contribution in [3.05, 3.63) is 21.9 Å². The number of rotatable bonds is 0. The topological polar surface area (TPSA) is 12.0 Å². The Balaban J connectivity index is 0.000000605. The van der Waals surface area contributed by atoms with Crippen LogP contribution in [-0.2, 0) is 12.8 Å². The van der Waals surface area contributed by atoms with Crippen LogP contribution in [-0.4, -0.2) is 13.1 Å². The first-order chi connectivity index (χ1) is 4.97. The van der Waals surface area contributed by atoms with Gasteiger partial charge in [-0.05, 0) is 42.9 Å². The van der Waals surface area contributed by atoms with E-state index in [4.69, 9.17) is 0 Å². The molecule has 1 aromatic rings. The average molecular weight is 190 g/mol. The summed E-state index contributed by atoms with van der Waals surface area (Å²) in [5.41, 5.74) is 1.56. The minimum Gasteiger partial charge on any atom is -0.316 e. The molecule has 0 unspecified atom stereocenters. The first-order valence-electron chi connectivity index (χ1n) is 3.73. The highest BCUT2D eigenvalue weighted by molar-refractivity contribution is 7.10. The molecule has 11 heavy (non-hydrogen) atoms. The van der Waals surface area contributed by atoms with Crippen molar-refractivity contribution in [2.24, 2.45) is 0 Å². The second-order valence-electron chi connectivity index (χ2n) is 2.62. The molecule has 0 radical (unpaired) electrons. The molecule has 0 bridgehead atoms. The monoisotopic (exact) mass is 189 g/mol. The van der Waals surface area contributed by atoms with Crippen LogP contribution in [0.4, 0.5) is 0 Å². The SMILES string of the molecule is Cl.c1cc2c(s1)CCNCC2. The Bertz CT molecular complexity index is 201. The lowest BCUT2D eigenvalue weighted by Gasteiger charge is -1.93. The molecule has 0 spiro atoms. The number of hydrogen-bond acceptors (Lipinski definition) is 2. The molecule has 0 aliphatic carbocycles. The summed E-state index contributed by atoms with van der Waals surface area (Å²) in [5, 5.41) is 5.59. The van der Waals surface area contributed by atoms with Crippen LogP contribution in [0.5, 0.6) is 0 Å². The van der Waals surface area contributed by atoms with Crippen LogP contribution in [0.2, 0.25) is 0 Å². The first-order valence-corrected chi connectivity index (χ1v) is 4.61. The zero-order chi connectivity index (χ0) is 6.81. The van der Waals surface area contributed by atoms with Crippen LogP contribution in [0.1, 0.15) is 10.4 Å². The van der Waals surface area contributed by atoms with Crippen molar-refractivity contribution in [2.75, 3.05) is 13.1 Å². The average Bonchev–Trinajstić information content (AvgIpc) is 2.28. The summed E-state index contributed by atoms with van der Waals surface area (Å²) in [6.45, 7) is 2.32. The fourth-order valence-corrected chi connectivity index (χ4v) is 2.30. The molecule has 1 aliphatic heterocycles. The minimum absolute atomic E-state index is 0. The largest absolute Gasteiger partial charge is 0.316 e. The molecule has 1 nitrogen and oxygen atoms in total. The van der Waals surface area contributed by atoms with Crippen molar-refractivity contribution in [1.82, 2.24) is 5.32 Å². The van der Waals surface area contributed by atoms with Crippen LogP contribution >= 0.6 is 23.7 Å². The van der Waals surface area contributed by atoms with Crippen molar-refractivity contribution in [1.29, 1.82) is 0 Å². The van der Waals surface area contributed by atoms with Gasteiger partial charge in [0, 0.05) is 4.88 Å². The third-order valence-electron chi connectivity index (χ3n) is 1.94. The molecule has 0 aromatic carbocycles. The quantitative estimate of drug-likeness (QED) is 0.657. The molecule has 1 aliphatic rings. The van der Waals surface area contributed by atoms with Gasteiger partial charge in [-0.2, -0.15) is 0 Å². The summed E-state index contributed by atoms with van der Waals surface area (Å²) in [4.78, 5) is 1.59. The van der Waals surface area contributed by atoms with Gasteiger partial charge >= 0.3 is 0 Å². The fourth-order valence-electron chi connectivity index (χ4n) is 1.36. The lowest BCUT2D eigenvalue weighted by molar-refractivity contribution is 0.712. The Hall–Kier alpha value is -0.0500. The van der Waals surface area contributed by atoms with Crippen LogP contribution in [0.15, 0.2) is 11.4 Å². The predicted octanol–water partition coefficient (Wildman–Crippen LogP) is 1.86. The van der Waals surface area contributed by atoms with E-state index in [1.165, 1.54) is 12.8 Å². The summed E-state index contributed by atoms with van der Waals surface area (Å²) < 4.78 is 0. The smallest absolute Gasteiger partial charge is 0.00903 e.